The summed E-state index contributed by atoms with van der Waals surface area (Å²) in [6, 6.07) is 2.47. The van der Waals surface area contributed by atoms with Gasteiger partial charge in [-0.05, 0) is 37.3 Å². The number of pyridine rings is 1. The second-order valence-corrected chi connectivity index (χ2v) is 9.12. The van der Waals surface area contributed by atoms with Gasteiger partial charge in [-0.25, -0.2) is 4.98 Å². The van der Waals surface area contributed by atoms with Gasteiger partial charge in [-0.1, -0.05) is 0 Å². The molecule has 0 saturated heterocycles. The fourth-order valence-electron chi connectivity index (χ4n) is 4.26. The van der Waals surface area contributed by atoms with Crippen molar-refractivity contribution < 1.29 is 22.7 Å². The fraction of sp³-hybridized carbons (Fsp3) is 0.565. The number of fused-ring (bicyclic) bond motifs is 1. The molecule has 1 saturated carbocycles. The number of anilines is 3. The Hall–Kier alpha value is -3.15. The standard InChI is InChI=1S/C23H29F3N6O3/c1-30(2)20-7-6-15(11-28-20)16(33)13-32-18(23(24,25)26)8-9-31-21(34)10-19(29-22(31)32)27-12-17(35-3)14-4-5-14/h6-7,10-11,14,17-18,27H,4-5,8-9,12-13H2,1-3H3/t17-,18+/m1/s1. The third-order valence-corrected chi connectivity index (χ3v) is 6.40. The molecular weight excluding hydrogens is 465 g/mol. The van der Waals surface area contributed by atoms with Crippen LogP contribution in [0.25, 0.3) is 0 Å². The van der Waals surface area contributed by atoms with Crippen LogP contribution in [0.15, 0.2) is 29.2 Å². The number of alkyl halides is 3. The Balaban J connectivity index is 1.62. The maximum absolute atomic E-state index is 14.0. The van der Waals surface area contributed by atoms with E-state index in [2.05, 4.69) is 15.3 Å². The first-order chi connectivity index (χ1) is 16.6. The Morgan fingerprint density at radius 3 is 2.60 bits per heavy atom. The third kappa shape index (κ3) is 5.58. The normalized spacial score (nSPS) is 18.7. The molecule has 2 aromatic rings. The summed E-state index contributed by atoms with van der Waals surface area (Å²) in [6.07, 6.45) is -1.60. The van der Waals surface area contributed by atoms with E-state index in [-0.39, 0.29) is 36.4 Å². The average molecular weight is 495 g/mol. The van der Waals surface area contributed by atoms with Gasteiger partial charge < -0.3 is 19.9 Å². The van der Waals surface area contributed by atoms with Gasteiger partial charge in [-0.3, -0.25) is 14.2 Å². The first-order valence-corrected chi connectivity index (χ1v) is 11.5. The molecule has 12 heteroatoms. The molecule has 9 nitrogen and oxygen atoms in total. The number of carbonyl (C=O) groups is 1. The summed E-state index contributed by atoms with van der Waals surface area (Å²) in [6.45, 7) is -0.355. The summed E-state index contributed by atoms with van der Waals surface area (Å²) < 4.78 is 48.5. The fourth-order valence-corrected chi connectivity index (χ4v) is 4.26. The van der Waals surface area contributed by atoms with Crippen LogP contribution in [0.2, 0.25) is 0 Å². The zero-order valence-electron chi connectivity index (χ0n) is 19.9. The predicted molar refractivity (Wildman–Crippen MR) is 125 cm³/mol. The Morgan fingerprint density at radius 1 is 1.29 bits per heavy atom. The van der Waals surface area contributed by atoms with Crippen LogP contribution in [0, 0.1) is 5.92 Å². The molecule has 1 N–H and O–H groups in total. The first kappa shape index (κ1) is 25.0. The summed E-state index contributed by atoms with van der Waals surface area (Å²) in [4.78, 5) is 36.9. The topological polar surface area (TPSA) is 92.6 Å². The van der Waals surface area contributed by atoms with Crippen LogP contribution < -0.4 is 20.7 Å². The van der Waals surface area contributed by atoms with Crippen LogP contribution in [0.3, 0.4) is 0 Å². The third-order valence-electron chi connectivity index (χ3n) is 6.40. The van der Waals surface area contributed by atoms with Crippen molar-refractivity contribution in [1.82, 2.24) is 14.5 Å². The van der Waals surface area contributed by atoms with E-state index in [0.717, 1.165) is 17.7 Å². The highest BCUT2D eigenvalue weighted by Crippen LogP contribution is 2.35. The van der Waals surface area contributed by atoms with Crippen molar-refractivity contribution in [2.45, 2.75) is 44.1 Å². The number of aromatic nitrogens is 3. The van der Waals surface area contributed by atoms with Crippen LogP contribution >= 0.6 is 0 Å². The van der Waals surface area contributed by atoms with Crippen molar-refractivity contribution >= 4 is 23.4 Å². The van der Waals surface area contributed by atoms with Gasteiger partial charge in [0.1, 0.15) is 17.7 Å². The Bertz CT molecular complexity index is 1110. The molecule has 0 unspecified atom stereocenters. The lowest BCUT2D eigenvalue weighted by Crippen LogP contribution is -2.54. The van der Waals surface area contributed by atoms with Crippen molar-refractivity contribution in [3.05, 3.63) is 40.3 Å². The number of halogens is 3. The number of nitrogens with zero attached hydrogens (tertiary/aromatic N) is 5. The summed E-state index contributed by atoms with van der Waals surface area (Å²) in [5, 5.41) is 3.03. The Morgan fingerprint density at radius 2 is 2.03 bits per heavy atom. The summed E-state index contributed by atoms with van der Waals surface area (Å²) in [5.74, 6) is 0.456. The van der Waals surface area contributed by atoms with Gasteiger partial charge in [0.05, 0.1) is 12.6 Å². The molecule has 0 bridgehead atoms. The second-order valence-electron chi connectivity index (χ2n) is 9.12. The maximum atomic E-state index is 14.0. The summed E-state index contributed by atoms with van der Waals surface area (Å²) in [7, 11) is 5.18. The molecule has 1 aliphatic carbocycles. The molecule has 0 amide bonds. The number of hydrogen-bond acceptors (Lipinski definition) is 8. The Labute approximate surface area is 200 Å². The molecule has 0 aromatic carbocycles. The minimum Gasteiger partial charge on any atom is -0.379 e. The molecule has 35 heavy (non-hydrogen) atoms. The van der Waals surface area contributed by atoms with Crippen molar-refractivity contribution in [3.8, 4) is 0 Å². The highest BCUT2D eigenvalue weighted by molar-refractivity contribution is 5.99. The predicted octanol–water partition coefficient (Wildman–Crippen LogP) is 2.57. The average Bonchev–Trinajstić information content (AvgIpc) is 3.64. The smallest absolute Gasteiger partial charge is 0.379 e. The number of rotatable bonds is 9. The van der Waals surface area contributed by atoms with Crippen LogP contribution in [0.4, 0.5) is 30.8 Å². The van der Waals surface area contributed by atoms with Crippen LogP contribution in [-0.2, 0) is 11.3 Å². The van der Waals surface area contributed by atoms with E-state index in [1.54, 1.807) is 32.2 Å². The second kappa shape index (κ2) is 9.84. The highest BCUT2D eigenvalue weighted by atomic mass is 19.4. The molecular formula is C23H29F3N6O3. The molecule has 190 valence electrons. The van der Waals surface area contributed by atoms with E-state index >= 15 is 0 Å². The molecule has 2 aliphatic rings. The van der Waals surface area contributed by atoms with Gasteiger partial charge in [-0.15, -0.1) is 0 Å². The lowest BCUT2D eigenvalue weighted by Gasteiger charge is -2.38. The number of ketones is 1. The lowest BCUT2D eigenvalue weighted by atomic mass is 10.1. The van der Waals surface area contributed by atoms with E-state index in [4.69, 9.17) is 4.74 Å². The molecule has 1 fully saturated rings. The summed E-state index contributed by atoms with van der Waals surface area (Å²) >= 11 is 0. The number of ether oxygens (including phenoxy) is 1. The van der Waals surface area contributed by atoms with Gasteiger partial charge in [-0.2, -0.15) is 18.2 Å². The van der Waals surface area contributed by atoms with Crippen LogP contribution in [0.5, 0.6) is 0 Å². The Kier molecular flexibility index (Phi) is 7.02. The number of methoxy groups -OCH3 is 1. The van der Waals surface area contributed by atoms with Gasteiger partial charge in [0.2, 0.25) is 5.95 Å². The highest BCUT2D eigenvalue weighted by Gasteiger charge is 2.47. The number of nitrogens with one attached hydrogen (secondary N) is 1. The number of Topliss-reactive ketones (excluding diaryl/α,β-unsaturated/α-hetero) is 1. The summed E-state index contributed by atoms with van der Waals surface area (Å²) in [5.41, 5.74) is -0.300. The van der Waals surface area contributed by atoms with Gasteiger partial charge in [0, 0.05) is 52.1 Å². The van der Waals surface area contributed by atoms with Gasteiger partial charge >= 0.3 is 6.18 Å². The zero-order valence-corrected chi connectivity index (χ0v) is 19.9. The minimum atomic E-state index is -4.60. The van der Waals surface area contributed by atoms with E-state index in [9.17, 15) is 22.8 Å². The lowest BCUT2D eigenvalue weighted by molar-refractivity contribution is -0.152. The van der Waals surface area contributed by atoms with E-state index < -0.39 is 30.1 Å². The molecule has 4 rings (SSSR count). The maximum Gasteiger partial charge on any atom is 0.408 e. The van der Waals surface area contributed by atoms with Gasteiger partial charge in [0.25, 0.3) is 5.56 Å². The largest absolute Gasteiger partial charge is 0.408 e. The van der Waals surface area contributed by atoms with Crippen LogP contribution in [-0.4, -0.2) is 72.9 Å². The first-order valence-electron chi connectivity index (χ1n) is 11.5. The SMILES string of the molecule is CO[C@H](CNc1cc(=O)n2c(n1)N(CC(=O)c1ccc(N(C)C)nc1)[C@H](C(F)(F)F)CC2)C1CC1. The van der Waals surface area contributed by atoms with Crippen molar-refractivity contribution in [3.63, 3.8) is 0 Å². The van der Waals surface area contributed by atoms with Crippen molar-refractivity contribution in [1.29, 1.82) is 0 Å². The molecule has 0 spiro atoms. The van der Waals surface area contributed by atoms with E-state index in [1.165, 1.54) is 22.9 Å². The zero-order chi connectivity index (χ0) is 25.3. The number of hydrogen-bond donors (Lipinski definition) is 1. The molecule has 2 atom stereocenters. The van der Waals surface area contributed by atoms with Crippen molar-refractivity contribution in [2.24, 2.45) is 5.92 Å². The monoisotopic (exact) mass is 494 g/mol. The van der Waals surface area contributed by atoms with Crippen molar-refractivity contribution in [2.75, 3.05) is 49.4 Å². The molecule has 1 aliphatic heterocycles. The molecule has 0 radical (unpaired) electrons. The van der Waals surface area contributed by atoms with Crippen LogP contribution in [0.1, 0.15) is 29.6 Å². The quantitative estimate of drug-likeness (QED) is 0.532. The van der Waals surface area contributed by atoms with Gasteiger partial charge in [0.15, 0.2) is 5.78 Å². The molecule has 3 heterocycles. The van der Waals surface area contributed by atoms with E-state index in [0.29, 0.717) is 18.3 Å². The number of carbonyl (C=O) groups excluding carboxylic acids is 1. The van der Waals surface area contributed by atoms with E-state index in [1.807, 2.05) is 0 Å². The minimum absolute atomic E-state index is 0.0752. The molecule has 2 aromatic heterocycles.